The normalized spacial score (nSPS) is 10.4. The summed E-state index contributed by atoms with van der Waals surface area (Å²) in [5.41, 5.74) is -1.23. The molecule has 2 nitrogen and oxygen atoms in total. The standard InChI is InChI=1S/C13H6BrF4NO/c14-6-1-2-8(9(16)3-6)13(20)19-12-10(17)4-7(15)5-11(12)18/h1-5H,(H,19,20). The van der Waals surface area contributed by atoms with Gasteiger partial charge in [0.15, 0.2) is 11.6 Å². The van der Waals surface area contributed by atoms with Gasteiger partial charge < -0.3 is 5.32 Å². The van der Waals surface area contributed by atoms with E-state index in [-0.39, 0.29) is 0 Å². The SMILES string of the molecule is O=C(Nc1c(F)cc(F)cc1F)c1ccc(Br)cc1F. The predicted molar refractivity (Wildman–Crippen MR) is 68.4 cm³/mol. The van der Waals surface area contributed by atoms with E-state index in [1.54, 1.807) is 0 Å². The quantitative estimate of drug-likeness (QED) is 0.808. The van der Waals surface area contributed by atoms with Crippen LogP contribution in [0.25, 0.3) is 0 Å². The number of benzene rings is 2. The maximum Gasteiger partial charge on any atom is 0.258 e. The number of halogens is 5. The molecule has 0 spiro atoms. The minimum absolute atomic E-state index is 0.392. The average molecular weight is 348 g/mol. The molecule has 0 bridgehead atoms. The molecule has 2 aromatic carbocycles. The van der Waals surface area contributed by atoms with E-state index >= 15 is 0 Å². The molecule has 0 aromatic heterocycles. The van der Waals surface area contributed by atoms with Crippen LogP contribution in [0.4, 0.5) is 23.2 Å². The van der Waals surface area contributed by atoms with Crippen molar-refractivity contribution in [2.75, 3.05) is 5.32 Å². The van der Waals surface area contributed by atoms with Gasteiger partial charge in [-0.05, 0) is 18.2 Å². The van der Waals surface area contributed by atoms with E-state index in [0.717, 1.165) is 12.1 Å². The third-order valence-corrected chi connectivity index (χ3v) is 2.91. The Balaban J connectivity index is 2.33. The van der Waals surface area contributed by atoms with Crippen LogP contribution in [0.5, 0.6) is 0 Å². The first kappa shape index (κ1) is 14.5. The second-order valence-electron chi connectivity index (χ2n) is 3.82. The fraction of sp³-hybridized carbons (Fsp3) is 0. The van der Waals surface area contributed by atoms with Crippen molar-refractivity contribution < 1.29 is 22.4 Å². The summed E-state index contributed by atoms with van der Waals surface area (Å²) in [5, 5.41) is 1.87. The fourth-order valence-corrected chi connectivity index (χ4v) is 1.85. The minimum atomic E-state index is -1.28. The Bertz CT molecular complexity index is 667. The molecule has 1 N–H and O–H groups in total. The summed E-state index contributed by atoms with van der Waals surface area (Å²) >= 11 is 3.01. The Morgan fingerprint density at radius 3 is 2.10 bits per heavy atom. The van der Waals surface area contributed by atoms with Crippen LogP contribution in [0.3, 0.4) is 0 Å². The van der Waals surface area contributed by atoms with Crippen LogP contribution in [0.1, 0.15) is 10.4 Å². The lowest BCUT2D eigenvalue weighted by Crippen LogP contribution is -2.16. The fourth-order valence-electron chi connectivity index (χ4n) is 1.52. The second-order valence-corrected chi connectivity index (χ2v) is 4.74. The van der Waals surface area contributed by atoms with Gasteiger partial charge in [0.2, 0.25) is 0 Å². The molecule has 0 aliphatic rings. The maximum atomic E-state index is 13.5. The average Bonchev–Trinajstić information content (AvgIpc) is 2.33. The Morgan fingerprint density at radius 2 is 1.55 bits per heavy atom. The summed E-state index contributed by atoms with van der Waals surface area (Å²) in [5.74, 6) is -5.59. The Morgan fingerprint density at radius 1 is 0.950 bits per heavy atom. The van der Waals surface area contributed by atoms with Crippen molar-refractivity contribution in [2.24, 2.45) is 0 Å². The van der Waals surface area contributed by atoms with Crippen molar-refractivity contribution in [3.63, 3.8) is 0 Å². The molecule has 2 aromatic rings. The lowest BCUT2D eigenvalue weighted by Gasteiger charge is -2.08. The number of rotatable bonds is 2. The van der Waals surface area contributed by atoms with Crippen LogP contribution in [0.15, 0.2) is 34.8 Å². The first-order chi connectivity index (χ1) is 9.38. The largest absolute Gasteiger partial charge is 0.317 e. The molecule has 0 aliphatic carbocycles. The maximum absolute atomic E-state index is 13.5. The van der Waals surface area contributed by atoms with Crippen molar-refractivity contribution in [2.45, 2.75) is 0 Å². The molecule has 0 fully saturated rings. The van der Waals surface area contributed by atoms with Gasteiger partial charge in [0.1, 0.15) is 17.3 Å². The number of carbonyl (C=O) groups is 1. The van der Waals surface area contributed by atoms with E-state index in [9.17, 15) is 22.4 Å². The van der Waals surface area contributed by atoms with Crippen LogP contribution in [-0.2, 0) is 0 Å². The zero-order chi connectivity index (χ0) is 14.9. The molecule has 7 heteroatoms. The van der Waals surface area contributed by atoms with Gasteiger partial charge in [-0.15, -0.1) is 0 Å². The van der Waals surface area contributed by atoms with Gasteiger partial charge in [0.05, 0.1) is 5.56 Å². The highest BCUT2D eigenvalue weighted by Crippen LogP contribution is 2.22. The smallest absolute Gasteiger partial charge is 0.258 e. The van der Waals surface area contributed by atoms with Crippen LogP contribution < -0.4 is 5.32 Å². The molecule has 0 heterocycles. The third kappa shape index (κ3) is 2.98. The van der Waals surface area contributed by atoms with E-state index < -0.39 is 40.4 Å². The monoisotopic (exact) mass is 347 g/mol. The van der Waals surface area contributed by atoms with E-state index in [4.69, 9.17) is 0 Å². The van der Waals surface area contributed by atoms with Crippen molar-refractivity contribution >= 4 is 27.5 Å². The summed E-state index contributed by atoms with van der Waals surface area (Å²) in [6.45, 7) is 0. The van der Waals surface area contributed by atoms with Crippen LogP contribution >= 0.6 is 15.9 Å². The van der Waals surface area contributed by atoms with Gasteiger partial charge in [-0.25, -0.2) is 17.6 Å². The molecular weight excluding hydrogens is 342 g/mol. The lowest BCUT2D eigenvalue weighted by atomic mass is 10.2. The van der Waals surface area contributed by atoms with E-state index in [0.29, 0.717) is 16.6 Å². The van der Waals surface area contributed by atoms with E-state index in [2.05, 4.69) is 15.9 Å². The van der Waals surface area contributed by atoms with Crippen LogP contribution in [-0.4, -0.2) is 5.91 Å². The summed E-state index contributed by atoms with van der Waals surface area (Å²) in [7, 11) is 0. The van der Waals surface area contributed by atoms with Gasteiger partial charge >= 0.3 is 0 Å². The highest BCUT2D eigenvalue weighted by molar-refractivity contribution is 9.10. The van der Waals surface area contributed by atoms with Crippen LogP contribution in [0, 0.1) is 23.3 Å². The number of amides is 1. The first-order valence-electron chi connectivity index (χ1n) is 5.29. The Labute approximate surface area is 119 Å². The molecule has 0 aliphatic heterocycles. The molecule has 2 rings (SSSR count). The van der Waals surface area contributed by atoms with E-state index in [1.165, 1.54) is 6.07 Å². The molecule has 0 atom stereocenters. The number of nitrogens with one attached hydrogen (secondary N) is 1. The van der Waals surface area contributed by atoms with Gasteiger partial charge in [-0.1, -0.05) is 15.9 Å². The number of hydrogen-bond acceptors (Lipinski definition) is 1. The third-order valence-electron chi connectivity index (χ3n) is 2.42. The van der Waals surface area contributed by atoms with Gasteiger partial charge in [-0.3, -0.25) is 4.79 Å². The minimum Gasteiger partial charge on any atom is -0.317 e. The van der Waals surface area contributed by atoms with Crippen molar-refractivity contribution in [3.8, 4) is 0 Å². The summed E-state index contributed by atoms with van der Waals surface area (Å²) < 4.78 is 53.4. The highest BCUT2D eigenvalue weighted by Gasteiger charge is 2.17. The Hall–Kier alpha value is -1.89. The lowest BCUT2D eigenvalue weighted by molar-refractivity contribution is 0.102. The molecule has 1 amide bonds. The number of carbonyl (C=O) groups excluding carboxylic acids is 1. The highest BCUT2D eigenvalue weighted by atomic mass is 79.9. The zero-order valence-corrected chi connectivity index (χ0v) is 11.3. The molecule has 0 unspecified atom stereocenters. The Kier molecular flexibility index (Phi) is 4.08. The van der Waals surface area contributed by atoms with Gasteiger partial charge in [0, 0.05) is 16.6 Å². The van der Waals surface area contributed by atoms with E-state index in [1.807, 2.05) is 5.32 Å². The molecule has 20 heavy (non-hydrogen) atoms. The number of hydrogen-bond donors (Lipinski definition) is 1. The second kappa shape index (κ2) is 5.62. The summed E-state index contributed by atoms with van der Waals surface area (Å²) in [6, 6.07) is 4.41. The molecule has 104 valence electrons. The summed E-state index contributed by atoms with van der Waals surface area (Å²) in [6.07, 6.45) is 0. The molecular formula is C13H6BrF4NO. The predicted octanol–water partition coefficient (Wildman–Crippen LogP) is 4.26. The van der Waals surface area contributed by atoms with Crippen LogP contribution in [0.2, 0.25) is 0 Å². The summed E-state index contributed by atoms with van der Waals surface area (Å²) in [4.78, 5) is 11.7. The van der Waals surface area contributed by atoms with Crippen molar-refractivity contribution in [1.29, 1.82) is 0 Å². The topological polar surface area (TPSA) is 29.1 Å². The van der Waals surface area contributed by atoms with Gasteiger partial charge in [-0.2, -0.15) is 0 Å². The zero-order valence-electron chi connectivity index (χ0n) is 9.68. The molecule has 0 saturated carbocycles. The molecule has 0 radical (unpaired) electrons. The number of anilines is 1. The first-order valence-corrected chi connectivity index (χ1v) is 6.08. The van der Waals surface area contributed by atoms with Gasteiger partial charge in [0.25, 0.3) is 5.91 Å². The van der Waals surface area contributed by atoms with Crippen molar-refractivity contribution in [1.82, 2.24) is 0 Å². The molecule has 0 saturated heterocycles. The van der Waals surface area contributed by atoms with Crippen molar-refractivity contribution in [3.05, 3.63) is 63.6 Å².